The number of hydrogen-bond acceptors (Lipinski definition) is 6. The Bertz CT molecular complexity index is 413. The van der Waals surface area contributed by atoms with Gasteiger partial charge in [0.15, 0.2) is 5.82 Å². The van der Waals surface area contributed by atoms with Gasteiger partial charge < -0.3 is 11.5 Å². The maximum absolute atomic E-state index is 11.4. The van der Waals surface area contributed by atoms with Gasteiger partial charge in [-0.25, -0.2) is 5.43 Å². The molecule has 0 bridgehead atoms. The topological polar surface area (TPSA) is 113 Å². The number of aromatic nitrogens is 2. The molecule has 0 amide bonds. The number of hydrogen-bond donors (Lipinski definition) is 4. The zero-order valence-electron chi connectivity index (χ0n) is 9.74. The zero-order chi connectivity index (χ0) is 12.3. The van der Waals surface area contributed by atoms with Crippen LogP contribution in [0.3, 0.4) is 0 Å². The van der Waals surface area contributed by atoms with Crippen LogP contribution in [0.4, 0.5) is 17.5 Å². The first-order valence-corrected chi connectivity index (χ1v) is 5.15. The number of nitrogen functional groups attached to an aromatic ring is 2. The van der Waals surface area contributed by atoms with Crippen LogP contribution in [0, 0.1) is 0 Å². The van der Waals surface area contributed by atoms with Crippen molar-refractivity contribution in [2.24, 2.45) is 0 Å². The lowest BCUT2D eigenvalue weighted by molar-refractivity contribution is 0.571. The highest BCUT2D eigenvalue weighted by Crippen LogP contribution is 2.17. The highest BCUT2D eigenvalue weighted by Gasteiger charge is 2.17. The molecule has 6 N–H and O–H groups in total. The summed E-state index contributed by atoms with van der Waals surface area (Å²) >= 11 is 0. The lowest BCUT2D eigenvalue weighted by Gasteiger charge is -2.28. The van der Waals surface area contributed by atoms with Crippen molar-refractivity contribution in [3.63, 3.8) is 0 Å². The number of anilines is 3. The molecule has 7 nitrogen and oxygen atoms in total. The SMILES string of the molecule is CCNN(c1nc(N)[nH]c(=O)c1N)C(C)C. The molecule has 0 spiro atoms. The van der Waals surface area contributed by atoms with Crippen LogP contribution >= 0.6 is 0 Å². The minimum Gasteiger partial charge on any atom is -0.391 e. The van der Waals surface area contributed by atoms with E-state index >= 15 is 0 Å². The first kappa shape index (κ1) is 12.3. The molecule has 0 aliphatic heterocycles. The van der Waals surface area contributed by atoms with E-state index in [2.05, 4.69) is 15.4 Å². The molecule has 0 aromatic carbocycles. The standard InChI is InChI=1S/C9H18N6O/c1-4-12-15(5(2)3)7-6(10)8(16)14-9(11)13-7/h5,12H,4,10H2,1-3H3,(H3,11,13,14,16). The Kier molecular flexibility index (Phi) is 3.73. The molecular weight excluding hydrogens is 208 g/mol. The number of hydrazine groups is 1. The van der Waals surface area contributed by atoms with Gasteiger partial charge in [-0.05, 0) is 13.8 Å². The van der Waals surface area contributed by atoms with E-state index in [1.165, 1.54) is 0 Å². The van der Waals surface area contributed by atoms with Gasteiger partial charge in [-0.2, -0.15) is 4.98 Å². The predicted molar refractivity (Wildman–Crippen MR) is 65.0 cm³/mol. The maximum Gasteiger partial charge on any atom is 0.277 e. The Hall–Kier alpha value is -1.76. The molecule has 7 heteroatoms. The van der Waals surface area contributed by atoms with Crippen molar-refractivity contribution in [3.8, 4) is 0 Å². The van der Waals surface area contributed by atoms with E-state index in [4.69, 9.17) is 11.5 Å². The van der Waals surface area contributed by atoms with Crippen molar-refractivity contribution in [2.75, 3.05) is 23.0 Å². The summed E-state index contributed by atoms with van der Waals surface area (Å²) in [5.41, 5.74) is 13.9. The van der Waals surface area contributed by atoms with Crippen LogP contribution in [0.1, 0.15) is 20.8 Å². The third-order valence-electron chi connectivity index (χ3n) is 2.03. The van der Waals surface area contributed by atoms with Crippen LogP contribution in [-0.2, 0) is 0 Å². The zero-order valence-corrected chi connectivity index (χ0v) is 9.74. The van der Waals surface area contributed by atoms with Crippen molar-refractivity contribution < 1.29 is 0 Å². The monoisotopic (exact) mass is 226 g/mol. The van der Waals surface area contributed by atoms with Gasteiger partial charge in [-0.3, -0.25) is 14.8 Å². The summed E-state index contributed by atoms with van der Waals surface area (Å²) in [4.78, 5) is 17.8. The average Bonchev–Trinajstić information content (AvgIpc) is 2.20. The van der Waals surface area contributed by atoms with Crippen molar-refractivity contribution in [2.45, 2.75) is 26.8 Å². The summed E-state index contributed by atoms with van der Waals surface area (Å²) in [6.45, 7) is 6.57. The fraction of sp³-hybridized carbons (Fsp3) is 0.556. The average molecular weight is 226 g/mol. The van der Waals surface area contributed by atoms with E-state index in [9.17, 15) is 4.79 Å². The maximum atomic E-state index is 11.4. The van der Waals surface area contributed by atoms with Gasteiger partial charge in [0, 0.05) is 12.6 Å². The van der Waals surface area contributed by atoms with Gasteiger partial charge in [-0.15, -0.1) is 0 Å². The molecule has 0 saturated heterocycles. The Morgan fingerprint density at radius 1 is 1.50 bits per heavy atom. The molecule has 0 aliphatic carbocycles. The second-order valence-electron chi connectivity index (χ2n) is 3.66. The van der Waals surface area contributed by atoms with E-state index < -0.39 is 5.56 Å². The van der Waals surface area contributed by atoms with Gasteiger partial charge in [0.2, 0.25) is 5.95 Å². The lowest BCUT2D eigenvalue weighted by atomic mass is 10.3. The summed E-state index contributed by atoms with van der Waals surface area (Å²) in [5.74, 6) is 0.413. The molecule has 0 unspecified atom stereocenters. The normalized spacial score (nSPS) is 10.8. The van der Waals surface area contributed by atoms with Crippen LogP contribution in [0.25, 0.3) is 0 Å². The lowest BCUT2D eigenvalue weighted by Crippen LogP contribution is -2.45. The van der Waals surface area contributed by atoms with E-state index in [1.54, 1.807) is 5.01 Å². The van der Waals surface area contributed by atoms with Gasteiger partial charge in [-0.1, -0.05) is 6.92 Å². The molecule has 16 heavy (non-hydrogen) atoms. The van der Waals surface area contributed by atoms with Gasteiger partial charge in [0.25, 0.3) is 5.56 Å². The molecule has 1 heterocycles. The highest BCUT2D eigenvalue weighted by atomic mass is 16.1. The molecule has 0 aliphatic rings. The Balaban J connectivity index is 3.23. The fourth-order valence-corrected chi connectivity index (χ4v) is 1.34. The molecule has 0 saturated carbocycles. The summed E-state index contributed by atoms with van der Waals surface area (Å²) in [6, 6.07) is 0.107. The van der Waals surface area contributed by atoms with E-state index in [0.29, 0.717) is 12.4 Å². The number of nitrogens with one attached hydrogen (secondary N) is 2. The van der Waals surface area contributed by atoms with Crippen molar-refractivity contribution >= 4 is 17.5 Å². The number of nitrogens with two attached hydrogens (primary N) is 2. The van der Waals surface area contributed by atoms with Crippen LogP contribution < -0.4 is 27.5 Å². The van der Waals surface area contributed by atoms with Gasteiger partial charge >= 0.3 is 0 Å². The van der Waals surface area contributed by atoms with Crippen molar-refractivity contribution in [1.82, 2.24) is 15.4 Å². The molecule has 90 valence electrons. The van der Waals surface area contributed by atoms with Crippen LogP contribution in [0.2, 0.25) is 0 Å². The van der Waals surface area contributed by atoms with Crippen LogP contribution in [0.15, 0.2) is 4.79 Å². The molecule has 0 atom stereocenters. The Morgan fingerprint density at radius 2 is 2.12 bits per heavy atom. The van der Waals surface area contributed by atoms with Gasteiger partial charge in [0.1, 0.15) is 5.69 Å². The fourth-order valence-electron chi connectivity index (χ4n) is 1.34. The summed E-state index contributed by atoms with van der Waals surface area (Å²) in [5, 5.41) is 1.72. The Morgan fingerprint density at radius 3 is 2.62 bits per heavy atom. The summed E-state index contributed by atoms with van der Waals surface area (Å²) < 4.78 is 0. The smallest absolute Gasteiger partial charge is 0.277 e. The highest BCUT2D eigenvalue weighted by molar-refractivity contribution is 5.62. The number of H-pyrrole nitrogens is 1. The molecular formula is C9H18N6O. The third kappa shape index (κ3) is 2.43. The minimum atomic E-state index is -0.425. The largest absolute Gasteiger partial charge is 0.391 e. The molecule has 0 fully saturated rings. The second kappa shape index (κ2) is 4.84. The third-order valence-corrected chi connectivity index (χ3v) is 2.03. The molecule has 1 aromatic rings. The van der Waals surface area contributed by atoms with Crippen molar-refractivity contribution in [3.05, 3.63) is 10.4 Å². The summed E-state index contributed by atoms with van der Waals surface area (Å²) in [6.07, 6.45) is 0. The Labute approximate surface area is 93.8 Å². The number of aromatic amines is 1. The van der Waals surface area contributed by atoms with Crippen LogP contribution in [-0.4, -0.2) is 22.6 Å². The summed E-state index contributed by atoms with van der Waals surface area (Å²) in [7, 11) is 0. The van der Waals surface area contributed by atoms with E-state index in [0.717, 1.165) is 0 Å². The van der Waals surface area contributed by atoms with E-state index in [1.807, 2.05) is 20.8 Å². The predicted octanol–water partition coefficient (Wildman–Crippen LogP) is -0.326. The van der Waals surface area contributed by atoms with Gasteiger partial charge in [0.05, 0.1) is 0 Å². The molecule has 1 aromatic heterocycles. The number of nitrogens with zero attached hydrogens (tertiary/aromatic N) is 2. The number of rotatable bonds is 4. The first-order valence-electron chi connectivity index (χ1n) is 5.15. The quantitative estimate of drug-likeness (QED) is 0.523. The molecule has 0 radical (unpaired) electrons. The van der Waals surface area contributed by atoms with Crippen molar-refractivity contribution in [1.29, 1.82) is 0 Å². The first-order chi connectivity index (χ1) is 7.47. The second-order valence-corrected chi connectivity index (χ2v) is 3.66. The van der Waals surface area contributed by atoms with Crippen LogP contribution in [0.5, 0.6) is 0 Å². The molecule has 1 rings (SSSR count). The van der Waals surface area contributed by atoms with E-state index in [-0.39, 0.29) is 17.7 Å². The minimum absolute atomic E-state index is 0.0535.